The molecule has 2 rings (SSSR count). The summed E-state index contributed by atoms with van der Waals surface area (Å²) < 4.78 is 6.42. The molecule has 17 heavy (non-hydrogen) atoms. The number of hydrogen-bond donors (Lipinski definition) is 1. The molecule has 0 aliphatic carbocycles. The molecule has 0 aromatic heterocycles. The first-order valence-electron chi connectivity index (χ1n) is 5.98. The van der Waals surface area contributed by atoms with E-state index in [1.165, 1.54) is 12.8 Å². The molecule has 1 atom stereocenters. The van der Waals surface area contributed by atoms with Gasteiger partial charge in [-0.15, -0.1) is 0 Å². The van der Waals surface area contributed by atoms with Crippen molar-refractivity contribution in [3.63, 3.8) is 0 Å². The van der Waals surface area contributed by atoms with E-state index < -0.39 is 0 Å². The van der Waals surface area contributed by atoms with Gasteiger partial charge in [-0.3, -0.25) is 0 Å². The molecule has 1 aromatic carbocycles. The van der Waals surface area contributed by atoms with Crippen molar-refractivity contribution < 1.29 is 4.74 Å². The largest absolute Gasteiger partial charge is 0.381 e. The van der Waals surface area contributed by atoms with Crippen LogP contribution in [0.3, 0.4) is 0 Å². The van der Waals surface area contributed by atoms with E-state index in [4.69, 9.17) is 16.3 Å². The highest BCUT2D eigenvalue weighted by molar-refractivity contribution is 9.10. The fourth-order valence-electron chi connectivity index (χ4n) is 2.02. The highest BCUT2D eigenvalue weighted by atomic mass is 79.9. The van der Waals surface area contributed by atoms with Crippen LogP contribution in [0.5, 0.6) is 0 Å². The number of hydrogen-bond acceptors (Lipinski definition) is 2. The van der Waals surface area contributed by atoms with E-state index in [2.05, 4.69) is 27.3 Å². The number of halogens is 2. The third-order valence-corrected chi connectivity index (χ3v) is 3.94. The van der Waals surface area contributed by atoms with Gasteiger partial charge in [-0.2, -0.15) is 0 Å². The average molecular weight is 319 g/mol. The van der Waals surface area contributed by atoms with Crippen molar-refractivity contribution in [1.82, 2.24) is 5.32 Å². The highest BCUT2D eigenvalue weighted by Gasteiger charge is 2.14. The molecule has 1 N–H and O–H groups in total. The van der Waals surface area contributed by atoms with Gasteiger partial charge in [-0.1, -0.05) is 27.5 Å². The highest BCUT2D eigenvalue weighted by Crippen LogP contribution is 2.21. The number of nitrogens with one attached hydrogen (secondary N) is 1. The van der Waals surface area contributed by atoms with Crippen LogP contribution in [-0.4, -0.2) is 19.8 Å². The molecule has 0 bridgehead atoms. The van der Waals surface area contributed by atoms with E-state index in [1.54, 1.807) is 0 Å². The van der Waals surface area contributed by atoms with E-state index in [0.29, 0.717) is 0 Å². The van der Waals surface area contributed by atoms with Gasteiger partial charge >= 0.3 is 0 Å². The molecule has 0 saturated carbocycles. The van der Waals surface area contributed by atoms with Gasteiger partial charge < -0.3 is 10.1 Å². The van der Waals surface area contributed by atoms with Crippen LogP contribution in [-0.2, 0) is 11.3 Å². The summed E-state index contributed by atoms with van der Waals surface area (Å²) in [7, 11) is 0. The molecule has 1 aliphatic rings. The zero-order chi connectivity index (χ0) is 12.1. The molecule has 0 amide bonds. The smallest absolute Gasteiger partial charge is 0.0495 e. The van der Waals surface area contributed by atoms with E-state index in [1.807, 2.05) is 12.1 Å². The maximum Gasteiger partial charge on any atom is 0.0495 e. The van der Waals surface area contributed by atoms with Crippen molar-refractivity contribution >= 4 is 27.5 Å². The van der Waals surface area contributed by atoms with Gasteiger partial charge in [0.25, 0.3) is 0 Å². The number of benzene rings is 1. The van der Waals surface area contributed by atoms with Gasteiger partial charge in [-0.25, -0.2) is 0 Å². The summed E-state index contributed by atoms with van der Waals surface area (Å²) in [4.78, 5) is 0. The van der Waals surface area contributed by atoms with Crippen molar-refractivity contribution in [2.24, 2.45) is 5.92 Å². The van der Waals surface area contributed by atoms with Crippen LogP contribution in [0.15, 0.2) is 22.7 Å². The average Bonchev–Trinajstić information content (AvgIpc) is 2.82. The maximum atomic E-state index is 6.12. The molecule has 1 fully saturated rings. The molecule has 1 aliphatic heterocycles. The van der Waals surface area contributed by atoms with Gasteiger partial charge in [0, 0.05) is 29.3 Å². The molecule has 1 unspecified atom stereocenters. The van der Waals surface area contributed by atoms with Crippen LogP contribution < -0.4 is 5.32 Å². The molecule has 2 nitrogen and oxygen atoms in total. The van der Waals surface area contributed by atoms with Crippen LogP contribution in [0.1, 0.15) is 18.4 Å². The van der Waals surface area contributed by atoms with Gasteiger partial charge in [0.1, 0.15) is 0 Å². The summed E-state index contributed by atoms with van der Waals surface area (Å²) in [5.41, 5.74) is 1.14. The maximum absolute atomic E-state index is 6.12. The van der Waals surface area contributed by atoms with Crippen LogP contribution in [0, 0.1) is 5.92 Å². The topological polar surface area (TPSA) is 21.3 Å². The van der Waals surface area contributed by atoms with Gasteiger partial charge in [-0.05, 0) is 49.1 Å². The Labute approximate surface area is 116 Å². The molecular formula is C13H17BrClNO. The lowest BCUT2D eigenvalue weighted by atomic mass is 10.1. The molecular weight excluding hydrogens is 302 g/mol. The van der Waals surface area contributed by atoms with Crippen molar-refractivity contribution in [2.75, 3.05) is 19.8 Å². The minimum Gasteiger partial charge on any atom is -0.381 e. The van der Waals surface area contributed by atoms with Gasteiger partial charge in [0.15, 0.2) is 0 Å². The van der Waals surface area contributed by atoms with Crippen molar-refractivity contribution in [2.45, 2.75) is 19.4 Å². The zero-order valence-electron chi connectivity index (χ0n) is 9.72. The fourth-order valence-corrected chi connectivity index (χ4v) is 2.61. The Morgan fingerprint density at radius 2 is 2.35 bits per heavy atom. The summed E-state index contributed by atoms with van der Waals surface area (Å²) >= 11 is 9.58. The van der Waals surface area contributed by atoms with Crippen molar-refractivity contribution in [1.29, 1.82) is 0 Å². The number of rotatable bonds is 5. The SMILES string of the molecule is Clc1ccc(Br)cc1CNCCC1CCOC1. The minimum absolute atomic E-state index is 0.737. The zero-order valence-corrected chi connectivity index (χ0v) is 12.1. The van der Waals surface area contributed by atoms with Crippen LogP contribution in [0.4, 0.5) is 0 Å². The second kappa shape index (κ2) is 6.74. The second-order valence-electron chi connectivity index (χ2n) is 4.43. The van der Waals surface area contributed by atoms with Crippen LogP contribution >= 0.6 is 27.5 Å². The normalized spacial score (nSPS) is 19.8. The van der Waals surface area contributed by atoms with E-state index in [0.717, 1.165) is 47.3 Å². The van der Waals surface area contributed by atoms with Crippen LogP contribution in [0.2, 0.25) is 5.02 Å². The molecule has 94 valence electrons. The molecule has 0 radical (unpaired) electrons. The Bertz CT molecular complexity index is 366. The second-order valence-corrected chi connectivity index (χ2v) is 5.75. The predicted octanol–water partition coefficient (Wildman–Crippen LogP) is 3.62. The van der Waals surface area contributed by atoms with Crippen molar-refractivity contribution in [3.05, 3.63) is 33.3 Å². The summed E-state index contributed by atoms with van der Waals surface area (Å²) in [6, 6.07) is 5.95. The molecule has 0 spiro atoms. The minimum atomic E-state index is 0.737. The molecule has 1 aromatic rings. The quantitative estimate of drug-likeness (QED) is 0.837. The lowest BCUT2D eigenvalue weighted by molar-refractivity contribution is 0.184. The Morgan fingerprint density at radius 1 is 1.47 bits per heavy atom. The fraction of sp³-hybridized carbons (Fsp3) is 0.538. The predicted molar refractivity (Wildman–Crippen MR) is 74.4 cm³/mol. The lowest BCUT2D eigenvalue weighted by Gasteiger charge is -2.10. The Hall–Kier alpha value is -0.0900. The van der Waals surface area contributed by atoms with Gasteiger partial charge in [0.2, 0.25) is 0 Å². The third-order valence-electron chi connectivity index (χ3n) is 3.08. The molecule has 1 saturated heterocycles. The molecule has 1 heterocycles. The standard InChI is InChI=1S/C13H17BrClNO/c14-12-1-2-13(15)11(7-12)8-16-5-3-10-4-6-17-9-10/h1-2,7,10,16H,3-6,8-9H2. The summed E-state index contributed by atoms with van der Waals surface area (Å²) in [5, 5.41) is 4.26. The Balaban J connectivity index is 1.72. The summed E-state index contributed by atoms with van der Waals surface area (Å²) in [5.74, 6) is 0.737. The Morgan fingerprint density at radius 3 is 3.12 bits per heavy atom. The van der Waals surface area contributed by atoms with Gasteiger partial charge in [0.05, 0.1) is 0 Å². The molecule has 4 heteroatoms. The first-order valence-corrected chi connectivity index (χ1v) is 7.15. The Kier molecular flexibility index (Phi) is 5.29. The first-order chi connectivity index (χ1) is 8.25. The van der Waals surface area contributed by atoms with E-state index in [-0.39, 0.29) is 0 Å². The summed E-state index contributed by atoms with van der Waals surface area (Å²) in [6.07, 6.45) is 2.39. The third kappa shape index (κ3) is 4.25. The van der Waals surface area contributed by atoms with Crippen LogP contribution in [0.25, 0.3) is 0 Å². The number of ether oxygens (including phenoxy) is 1. The van der Waals surface area contributed by atoms with E-state index in [9.17, 15) is 0 Å². The lowest BCUT2D eigenvalue weighted by Crippen LogP contribution is -2.18. The monoisotopic (exact) mass is 317 g/mol. The summed E-state index contributed by atoms with van der Waals surface area (Å²) in [6.45, 7) is 3.71. The van der Waals surface area contributed by atoms with Crippen molar-refractivity contribution in [3.8, 4) is 0 Å². The van der Waals surface area contributed by atoms with E-state index >= 15 is 0 Å². The first kappa shape index (κ1) is 13.3.